The average molecular weight is 833 g/mol. The van der Waals surface area contributed by atoms with Gasteiger partial charge >= 0.3 is 57.8 Å². The van der Waals surface area contributed by atoms with Crippen LogP contribution in [0.3, 0.4) is 0 Å². The molecule has 2 bridgehead atoms. The third kappa shape index (κ3) is 23.4. The fourth-order valence-corrected chi connectivity index (χ4v) is 6.23. The number of carboxylic acids is 3. The molecule has 1 amide bonds. The standard InChI is InChI=1S/C36H61N5O7.Gd/c1-2-3-4-5-6-7-8-9-10-11-12-13-14-17-33(42)37-18-15-16-30-23-31-25-40(28-35(45)46)21-19-39(27-34(43)44)20-22-41(29-36(47)48)26-32(24-30)38-31;/h23-24H,2-22,25-29H2,1H3,(H,37,42)(H,43,44)(H,45,46)(H,47,48);/q;+3. The van der Waals surface area contributed by atoms with Crippen molar-refractivity contribution >= 4 is 23.8 Å². The molecule has 0 fully saturated rings. The predicted molar refractivity (Wildman–Crippen MR) is 186 cm³/mol. The second-order valence-corrected chi connectivity index (χ2v) is 13.3. The molecule has 1 radical (unpaired) electrons. The van der Waals surface area contributed by atoms with Crippen molar-refractivity contribution in [2.24, 2.45) is 0 Å². The maximum atomic E-state index is 12.4. The van der Waals surface area contributed by atoms with Crippen molar-refractivity contribution in [1.29, 1.82) is 0 Å². The number of hydrogen-bond acceptors (Lipinski definition) is 8. The summed E-state index contributed by atoms with van der Waals surface area (Å²) >= 11 is 0. The van der Waals surface area contributed by atoms with Gasteiger partial charge in [-0.3, -0.25) is 38.9 Å². The van der Waals surface area contributed by atoms with Gasteiger partial charge in [0.25, 0.3) is 0 Å². The van der Waals surface area contributed by atoms with E-state index in [0.29, 0.717) is 57.0 Å². The van der Waals surface area contributed by atoms with Crippen LogP contribution in [0.5, 0.6) is 0 Å². The van der Waals surface area contributed by atoms with E-state index in [1.807, 2.05) is 12.1 Å². The zero-order chi connectivity index (χ0) is 35.0. The predicted octanol–water partition coefficient (Wildman–Crippen LogP) is 4.79. The third-order valence-corrected chi connectivity index (χ3v) is 8.78. The third-order valence-electron chi connectivity index (χ3n) is 8.78. The molecule has 1 aliphatic rings. The number of rotatable bonds is 24. The number of carbonyl (C=O) groups excluding carboxylic acids is 1. The van der Waals surface area contributed by atoms with E-state index >= 15 is 0 Å². The van der Waals surface area contributed by atoms with Gasteiger partial charge in [0.15, 0.2) is 0 Å². The number of nitrogens with zero attached hydrogens (tertiary/aromatic N) is 4. The maximum Gasteiger partial charge on any atom is 3.00 e. The van der Waals surface area contributed by atoms with Gasteiger partial charge in [-0.2, -0.15) is 0 Å². The van der Waals surface area contributed by atoms with Gasteiger partial charge in [-0.05, 0) is 37.0 Å². The van der Waals surface area contributed by atoms with Gasteiger partial charge in [-0.1, -0.05) is 84.0 Å². The Morgan fingerprint density at radius 3 is 1.49 bits per heavy atom. The Hall–Kier alpha value is -1.77. The molecular weight excluding hydrogens is 772 g/mol. The summed E-state index contributed by atoms with van der Waals surface area (Å²) in [4.78, 5) is 56.9. The Balaban J connectivity index is 0.0000120. The number of nitrogens with one attached hydrogen (secondary N) is 1. The monoisotopic (exact) mass is 833 g/mol. The summed E-state index contributed by atoms with van der Waals surface area (Å²) in [6, 6.07) is 3.88. The molecule has 13 heteroatoms. The van der Waals surface area contributed by atoms with E-state index in [1.165, 1.54) is 70.6 Å². The first-order valence-corrected chi connectivity index (χ1v) is 18.2. The van der Waals surface area contributed by atoms with Crippen molar-refractivity contribution in [3.8, 4) is 0 Å². The molecule has 277 valence electrons. The zero-order valence-electron chi connectivity index (χ0n) is 29.7. The quantitative estimate of drug-likeness (QED) is 0.106. The Morgan fingerprint density at radius 1 is 0.633 bits per heavy atom. The number of aryl methyl sites for hydroxylation is 1. The molecular formula is C36H61GdN5O7+3. The number of fused-ring (bicyclic) bond motifs is 2. The normalized spacial score (nSPS) is 14.7. The van der Waals surface area contributed by atoms with Gasteiger partial charge in [0.1, 0.15) is 0 Å². The minimum atomic E-state index is -0.996. The summed E-state index contributed by atoms with van der Waals surface area (Å²) in [7, 11) is 0. The molecule has 49 heavy (non-hydrogen) atoms. The van der Waals surface area contributed by atoms with Gasteiger partial charge in [0.2, 0.25) is 5.91 Å². The first kappa shape index (κ1) is 45.3. The number of hydrogen-bond donors (Lipinski definition) is 4. The molecule has 0 spiro atoms. The number of carboxylic acid groups (broad SMARTS) is 3. The van der Waals surface area contributed by atoms with E-state index in [-0.39, 0.29) is 78.6 Å². The summed E-state index contributed by atoms with van der Waals surface area (Å²) in [5.74, 6) is -2.88. The van der Waals surface area contributed by atoms with Gasteiger partial charge in [0, 0.05) is 52.2 Å². The van der Waals surface area contributed by atoms with Crippen molar-refractivity contribution in [3.05, 3.63) is 29.1 Å². The Morgan fingerprint density at radius 2 is 1.04 bits per heavy atom. The molecule has 1 aliphatic heterocycles. The van der Waals surface area contributed by atoms with Crippen LogP contribution in [0.2, 0.25) is 0 Å². The van der Waals surface area contributed by atoms with Gasteiger partial charge in [0.05, 0.1) is 31.0 Å². The molecule has 0 aromatic carbocycles. The molecule has 0 unspecified atom stereocenters. The minimum absolute atomic E-state index is 0. The van der Waals surface area contributed by atoms with E-state index in [1.54, 1.807) is 14.7 Å². The minimum Gasteiger partial charge on any atom is -0.480 e. The van der Waals surface area contributed by atoms with E-state index in [2.05, 4.69) is 12.2 Å². The fraction of sp³-hybridized carbons (Fsp3) is 0.750. The molecule has 0 saturated heterocycles. The van der Waals surface area contributed by atoms with E-state index in [4.69, 9.17) is 4.98 Å². The summed E-state index contributed by atoms with van der Waals surface area (Å²) < 4.78 is 0. The molecule has 1 aromatic heterocycles. The summed E-state index contributed by atoms with van der Waals surface area (Å²) in [5.41, 5.74) is 2.35. The molecule has 2 heterocycles. The molecule has 12 nitrogen and oxygen atoms in total. The Labute approximate surface area is 325 Å². The van der Waals surface area contributed by atoms with Crippen LogP contribution in [-0.2, 0) is 38.7 Å². The molecule has 1 aromatic rings. The Kier molecular flexibility index (Phi) is 25.8. The summed E-state index contributed by atoms with van der Waals surface area (Å²) in [5, 5.41) is 31.4. The van der Waals surface area contributed by atoms with Crippen molar-refractivity contribution in [2.75, 3.05) is 52.4 Å². The van der Waals surface area contributed by atoms with Crippen molar-refractivity contribution in [3.63, 3.8) is 0 Å². The SMILES string of the molecule is CCCCCCCCCCCCCCCC(=O)NCCCc1cc2nc(c1)CN(CC(=O)O)CCN(CC(=O)O)CCN(CC(=O)O)C2.[Gd+3]. The van der Waals surface area contributed by atoms with Crippen molar-refractivity contribution in [2.45, 2.75) is 123 Å². The second kappa shape index (κ2) is 27.9. The van der Waals surface area contributed by atoms with Crippen LogP contribution in [0.4, 0.5) is 0 Å². The van der Waals surface area contributed by atoms with E-state index in [9.17, 15) is 34.5 Å². The number of aliphatic carboxylic acids is 3. The van der Waals surface area contributed by atoms with Gasteiger partial charge < -0.3 is 20.6 Å². The molecule has 2 rings (SSSR count). The maximum absolute atomic E-state index is 12.4. The van der Waals surface area contributed by atoms with E-state index in [0.717, 1.165) is 24.8 Å². The number of aromatic nitrogens is 1. The smallest absolute Gasteiger partial charge is 0.480 e. The average Bonchev–Trinajstić information content (AvgIpc) is 3.01. The molecule has 0 atom stereocenters. The molecule has 4 N–H and O–H groups in total. The summed E-state index contributed by atoms with van der Waals surface area (Å²) in [6.07, 6.45) is 18.5. The van der Waals surface area contributed by atoms with Crippen LogP contribution in [0, 0.1) is 39.9 Å². The zero-order valence-corrected chi connectivity index (χ0v) is 31.9. The number of carbonyl (C=O) groups is 4. The molecule has 0 saturated carbocycles. The summed E-state index contributed by atoms with van der Waals surface area (Å²) in [6.45, 7) is 4.00. The molecule has 0 aliphatic carbocycles. The number of pyridine rings is 1. The first-order valence-electron chi connectivity index (χ1n) is 18.2. The van der Waals surface area contributed by atoms with Crippen LogP contribution in [0.1, 0.15) is 120 Å². The number of unbranched alkanes of at least 4 members (excludes halogenated alkanes) is 12. The van der Waals surface area contributed by atoms with Crippen molar-refractivity contribution < 1.29 is 74.4 Å². The second-order valence-electron chi connectivity index (χ2n) is 13.3. The fourth-order valence-electron chi connectivity index (χ4n) is 6.23. The van der Waals surface area contributed by atoms with Crippen molar-refractivity contribution in [1.82, 2.24) is 25.0 Å². The van der Waals surface area contributed by atoms with Gasteiger partial charge in [-0.15, -0.1) is 0 Å². The Bertz CT molecular complexity index is 1060. The topological polar surface area (TPSA) is 164 Å². The van der Waals surface area contributed by atoms with Crippen LogP contribution < -0.4 is 5.32 Å². The first-order chi connectivity index (χ1) is 23.1. The van der Waals surface area contributed by atoms with Crippen LogP contribution in [0.25, 0.3) is 0 Å². The van der Waals surface area contributed by atoms with Gasteiger partial charge in [-0.25, -0.2) is 0 Å². The van der Waals surface area contributed by atoms with Crippen LogP contribution in [0.15, 0.2) is 12.1 Å². The van der Waals surface area contributed by atoms with E-state index < -0.39 is 17.9 Å². The van der Waals surface area contributed by atoms with Crippen LogP contribution in [-0.4, -0.2) is 111 Å². The largest absolute Gasteiger partial charge is 3.00 e. The number of amides is 1. The van der Waals surface area contributed by atoms with Crippen LogP contribution >= 0.6 is 0 Å².